The summed E-state index contributed by atoms with van der Waals surface area (Å²) in [5, 5.41) is 7.87. The van der Waals surface area contributed by atoms with Crippen molar-refractivity contribution < 1.29 is 9.59 Å². The van der Waals surface area contributed by atoms with E-state index in [1.165, 1.54) is 23.4 Å². The van der Waals surface area contributed by atoms with Gasteiger partial charge in [0.25, 0.3) is 0 Å². The summed E-state index contributed by atoms with van der Waals surface area (Å²) in [6.45, 7) is 2.88. The minimum Gasteiger partial charge on any atom is -0.344 e. The first-order valence-electron chi connectivity index (χ1n) is 13.8. The van der Waals surface area contributed by atoms with Crippen molar-refractivity contribution in [3.63, 3.8) is 0 Å². The number of nitrogens with zero attached hydrogens (tertiary/aromatic N) is 2. The fourth-order valence-electron chi connectivity index (χ4n) is 5.67. The highest BCUT2D eigenvalue weighted by Gasteiger charge is 2.35. The van der Waals surface area contributed by atoms with E-state index < -0.39 is 6.04 Å². The summed E-state index contributed by atoms with van der Waals surface area (Å²) in [7, 11) is 0. The van der Waals surface area contributed by atoms with Gasteiger partial charge in [0.2, 0.25) is 11.8 Å². The second kappa shape index (κ2) is 12.7. The van der Waals surface area contributed by atoms with Crippen LogP contribution in [0.15, 0.2) is 97.2 Å². The van der Waals surface area contributed by atoms with E-state index in [4.69, 9.17) is 0 Å². The summed E-state index contributed by atoms with van der Waals surface area (Å²) < 4.78 is 0. The van der Waals surface area contributed by atoms with Gasteiger partial charge in [-0.05, 0) is 48.1 Å². The third-order valence-electron chi connectivity index (χ3n) is 7.59. The Morgan fingerprint density at radius 2 is 1.62 bits per heavy atom. The number of carbonyl (C=O) groups excluding carboxylic acids is 2. The van der Waals surface area contributed by atoms with Gasteiger partial charge in [0, 0.05) is 50.1 Å². The minimum absolute atomic E-state index is 0.00596. The molecule has 2 amide bonds. The zero-order valence-corrected chi connectivity index (χ0v) is 22.4. The van der Waals surface area contributed by atoms with Crippen LogP contribution >= 0.6 is 0 Å². The van der Waals surface area contributed by atoms with E-state index in [2.05, 4.69) is 45.9 Å². The van der Waals surface area contributed by atoms with Gasteiger partial charge in [-0.15, -0.1) is 0 Å². The van der Waals surface area contributed by atoms with Gasteiger partial charge in [-0.1, -0.05) is 78.9 Å². The number of likely N-dealkylation sites (tertiary alicyclic amines) is 1. The summed E-state index contributed by atoms with van der Waals surface area (Å²) in [6.07, 6.45) is 4.83. The maximum Gasteiger partial charge on any atom is 0.245 e. The van der Waals surface area contributed by atoms with Crippen LogP contribution in [0, 0.1) is 0 Å². The summed E-state index contributed by atoms with van der Waals surface area (Å²) in [4.78, 5) is 32.5. The van der Waals surface area contributed by atoms with Crippen LogP contribution in [-0.4, -0.2) is 46.4 Å². The molecule has 1 aliphatic heterocycles. The van der Waals surface area contributed by atoms with E-state index in [9.17, 15) is 9.59 Å². The molecule has 1 aromatic heterocycles. The highest BCUT2D eigenvalue weighted by Crippen LogP contribution is 2.24. The van der Waals surface area contributed by atoms with Crippen LogP contribution in [0.3, 0.4) is 0 Å². The lowest BCUT2D eigenvalue weighted by Gasteiger charge is -2.41. The van der Waals surface area contributed by atoms with Crippen LogP contribution in [-0.2, 0) is 29.0 Å². The van der Waals surface area contributed by atoms with Gasteiger partial charge in [-0.2, -0.15) is 0 Å². The van der Waals surface area contributed by atoms with E-state index in [-0.39, 0.29) is 23.9 Å². The predicted octanol–water partition coefficient (Wildman–Crippen LogP) is 4.67. The van der Waals surface area contributed by atoms with E-state index in [0.717, 1.165) is 36.9 Å². The molecule has 3 aromatic carbocycles. The Labute approximate surface area is 230 Å². The van der Waals surface area contributed by atoms with Crippen LogP contribution in [0.2, 0.25) is 0 Å². The summed E-state index contributed by atoms with van der Waals surface area (Å²) in [6, 6.07) is 30.3. The molecular formula is C33H36N4O2. The molecule has 1 fully saturated rings. The first-order valence-corrected chi connectivity index (χ1v) is 13.8. The van der Waals surface area contributed by atoms with Crippen LogP contribution in [0.5, 0.6) is 0 Å². The van der Waals surface area contributed by atoms with Crippen LogP contribution < -0.4 is 10.6 Å². The third kappa shape index (κ3) is 6.89. The quantitative estimate of drug-likeness (QED) is 0.336. The first-order chi connectivity index (χ1) is 19.1. The van der Waals surface area contributed by atoms with Crippen molar-refractivity contribution in [2.45, 2.75) is 57.3 Å². The fraction of sp³-hybridized carbons (Fsp3) is 0.303. The number of benzene rings is 3. The van der Waals surface area contributed by atoms with Gasteiger partial charge in [0.15, 0.2) is 0 Å². The van der Waals surface area contributed by atoms with Gasteiger partial charge in [0.05, 0.1) is 5.52 Å². The molecule has 1 saturated heterocycles. The van der Waals surface area contributed by atoms with Gasteiger partial charge in [0.1, 0.15) is 6.04 Å². The standard InChI is InChI=1S/C33H36N4O2/c1-24(38)36-32(21-26-12-6-3-7-13-26)33(39)37-19-17-28(22-29(37)20-25-10-4-2-5-11-25)35-23-27-16-18-34-31-15-9-8-14-30(27)31/h2-16,18,28-29,32,35H,17,19-23H2,1H3,(H,36,38)/t28-,29+,32?/m0/s1. The lowest BCUT2D eigenvalue weighted by Crippen LogP contribution is -2.57. The lowest BCUT2D eigenvalue weighted by atomic mass is 9.90. The number of rotatable bonds is 9. The molecule has 0 saturated carbocycles. The summed E-state index contributed by atoms with van der Waals surface area (Å²) in [5.74, 6) is -0.196. The molecule has 6 nitrogen and oxygen atoms in total. The molecule has 0 bridgehead atoms. The normalized spacial score (nSPS) is 18.0. The first kappa shape index (κ1) is 26.6. The number of para-hydroxylation sites is 1. The number of piperidine rings is 1. The topological polar surface area (TPSA) is 74.3 Å². The van der Waals surface area contributed by atoms with Crippen molar-refractivity contribution in [3.05, 3.63) is 114 Å². The third-order valence-corrected chi connectivity index (χ3v) is 7.59. The maximum atomic E-state index is 14.0. The monoisotopic (exact) mass is 520 g/mol. The second-order valence-electron chi connectivity index (χ2n) is 10.4. The lowest BCUT2D eigenvalue weighted by molar-refractivity contribution is -0.139. The largest absolute Gasteiger partial charge is 0.344 e. The molecule has 4 aromatic rings. The Balaban J connectivity index is 1.33. The molecule has 3 atom stereocenters. The molecule has 39 heavy (non-hydrogen) atoms. The predicted molar refractivity (Wildman–Crippen MR) is 155 cm³/mol. The average Bonchev–Trinajstić information content (AvgIpc) is 2.96. The molecule has 1 aliphatic rings. The van der Waals surface area contributed by atoms with Gasteiger partial charge in [-0.3, -0.25) is 14.6 Å². The highest BCUT2D eigenvalue weighted by molar-refractivity contribution is 5.87. The number of nitrogens with one attached hydrogen (secondary N) is 2. The molecule has 0 spiro atoms. The van der Waals surface area contributed by atoms with Crippen molar-refractivity contribution in [2.24, 2.45) is 0 Å². The number of amides is 2. The Bertz CT molecular complexity index is 1390. The zero-order valence-electron chi connectivity index (χ0n) is 22.4. The van der Waals surface area contributed by atoms with Gasteiger partial charge in [-0.25, -0.2) is 0 Å². The molecular weight excluding hydrogens is 484 g/mol. The molecule has 2 N–H and O–H groups in total. The van der Waals surface area contributed by atoms with Crippen molar-refractivity contribution in [1.29, 1.82) is 0 Å². The summed E-state index contributed by atoms with van der Waals surface area (Å²) >= 11 is 0. The Morgan fingerprint density at radius 3 is 2.36 bits per heavy atom. The minimum atomic E-state index is -0.587. The molecule has 200 valence electrons. The van der Waals surface area contributed by atoms with Crippen molar-refractivity contribution in [3.8, 4) is 0 Å². The number of fused-ring (bicyclic) bond motifs is 1. The Hall–Kier alpha value is -4.03. The number of hydrogen-bond acceptors (Lipinski definition) is 4. The number of hydrogen-bond donors (Lipinski definition) is 2. The fourth-order valence-corrected chi connectivity index (χ4v) is 5.67. The van der Waals surface area contributed by atoms with E-state index in [1.54, 1.807) is 0 Å². The van der Waals surface area contributed by atoms with Gasteiger partial charge < -0.3 is 15.5 Å². The van der Waals surface area contributed by atoms with Crippen molar-refractivity contribution >= 4 is 22.7 Å². The van der Waals surface area contributed by atoms with Crippen molar-refractivity contribution in [1.82, 2.24) is 20.5 Å². The smallest absolute Gasteiger partial charge is 0.245 e. The summed E-state index contributed by atoms with van der Waals surface area (Å²) in [5.41, 5.74) is 4.47. The van der Waals surface area contributed by atoms with Gasteiger partial charge >= 0.3 is 0 Å². The van der Waals surface area contributed by atoms with Crippen LogP contribution in [0.4, 0.5) is 0 Å². The Kier molecular flexibility index (Phi) is 8.64. The SMILES string of the molecule is CC(=O)NC(Cc1ccccc1)C(=O)N1CC[C@H](NCc2ccnc3ccccc23)C[C@H]1Cc1ccccc1. The molecule has 0 aliphatic carbocycles. The van der Waals surface area contributed by atoms with E-state index in [1.807, 2.05) is 71.8 Å². The molecule has 0 radical (unpaired) electrons. The molecule has 2 heterocycles. The second-order valence-corrected chi connectivity index (χ2v) is 10.4. The van der Waals surface area contributed by atoms with E-state index >= 15 is 0 Å². The highest BCUT2D eigenvalue weighted by atomic mass is 16.2. The Morgan fingerprint density at radius 1 is 0.923 bits per heavy atom. The maximum absolute atomic E-state index is 14.0. The van der Waals surface area contributed by atoms with E-state index in [0.29, 0.717) is 13.0 Å². The molecule has 6 heteroatoms. The number of aromatic nitrogens is 1. The number of pyridine rings is 1. The zero-order chi connectivity index (χ0) is 27.0. The number of carbonyl (C=O) groups is 2. The van der Waals surface area contributed by atoms with Crippen LogP contribution in [0.25, 0.3) is 10.9 Å². The molecule has 1 unspecified atom stereocenters. The van der Waals surface area contributed by atoms with Crippen molar-refractivity contribution in [2.75, 3.05) is 6.54 Å². The average molecular weight is 521 g/mol. The molecule has 5 rings (SSSR count). The van der Waals surface area contributed by atoms with Crippen LogP contribution in [0.1, 0.15) is 36.5 Å².